The topological polar surface area (TPSA) is 67.2 Å². The second kappa shape index (κ2) is 8.97. The van der Waals surface area contributed by atoms with Crippen LogP contribution in [0.2, 0.25) is 5.02 Å². The van der Waals surface area contributed by atoms with E-state index in [2.05, 4.69) is 10.4 Å². The van der Waals surface area contributed by atoms with E-state index in [1.807, 2.05) is 42.6 Å². The molecule has 0 unspecified atom stereocenters. The smallest absolute Gasteiger partial charge is 0.244 e. The van der Waals surface area contributed by atoms with Crippen LogP contribution in [-0.4, -0.2) is 28.1 Å². The Morgan fingerprint density at radius 2 is 1.83 bits per heavy atom. The van der Waals surface area contributed by atoms with Crippen LogP contribution in [0, 0.1) is 0 Å². The van der Waals surface area contributed by atoms with Crippen molar-refractivity contribution in [3.63, 3.8) is 0 Å². The number of hydrogen-bond acceptors (Lipinski definition) is 3. The molecule has 0 atom stereocenters. The quantitative estimate of drug-likeness (QED) is 0.613. The first-order valence-corrected chi connectivity index (χ1v) is 10.1. The van der Waals surface area contributed by atoms with Crippen molar-refractivity contribution >= 4 is 35.2 Å². The van der Waals surface area contributed by atoms with Crippen LogP contribution >= 0.6 is 11.6 Å². The van der Waals surface area contributed by atoms with E-state index < -0.39 is 0 Å². The van der Waals surface area contributed by atoms with Crippen molar-refractivity contribution in [2.45, 2.75) is 19.4 Å². The molecular formula is C23H21ClN4O2. The van der Waals surface area contributed by atoms with E-state index in [9.17, 15) is 9.59 Å². The van der Waals surface area contributed by atoms with Gasteiger partial charge < -0.3 is 10.2 Å². The summed E-state index contributed by atoms with van der Waals surface area (Å²) >= 11 is 5.91. The molecule has 7 heteroatoms. The molecule has 0 spiro atoms. The standard InChI is InChI=1S/C23H21ClN4O2/c24-19-6-10-21(11-7-19)28-16-18(15-26-28)14-25-22(29)12-5-17-3-8-20(9-4-17)27-13-1-2-23(27)30/h3-12,15-16H,1-2,13-14H2,(H,25,29)/b12-5+. The lowest BCUT2D eigenvalue weighted by atomic mass is 10.2. The van der Waals surface area contributed by atoms with Crippen molar-refractivity contribution in [2.75, 3.05) is 11.4 Å². The van der Waals surface area contributed by atoms with Crippen LogP contribution in [0.15, 0.2) is 67.0 Å². The summed E-state index contributed by atoms with van der Waals surface area (Å²) in [4.78, 5) is 25.7. The first kappa shape index (κ1) is 19.9. The molecule has 152 valence electrons. The zero-order chi connectivity index (χ0) is 20.9. The summed E-state index contributed by atoms with van der Waals surface area (Å²) in [7, 11) is 0. The minimum Gasteiger partial charge on any atom is -0.348 e. The maximum Gasteiger partial charge on any atom is 0.244 e. The summed E-state index contributed by atoms with van der Waals surface area (Å²) in [5.74, 6) is -0.0231. The van der Waals surface area contributed by atoms with Crippen molar-refractivity contribution in [2.24, 2.45) is 0 Å². The van der Waals surface area contributed by atoms with Crippen LogP contribution in [0.3, 0.4) is 0 Å². The number of carbonyl (C=O) groups excluding carboxylic acids is 2. The highest BCUT2D eigenvalue weighted by Gasteiger charge is 2.21. The summed E-state index contributed by atoms with van der Waals surface area (Å²) in [5.41, 5.74) is 3.59. The van der Waals surface area contributed by atoms with Gasteiger partial charge in [-0.1, -0.05) is 23.7 Å². The van der Waals surface area contributed by atoms with Crippen molar-refractivity contribution in [3.05, 3.63) is 83.2 Å². The number of rotatable bonds is 6. The second-order valence-electron chi connectivity index (χ2n) is 7.06. The molecule has 1 aliphatic rings. The van der Waals surface area contributed by atoms with Crippen molar-refractivity contribution in [3.8, 4) is 5.69 Å². The van der Waals surface area contributed by atoms with Gasteiger partial charge in [-0.3, -0.25) is 9.59 Å². The summed E-state index contributed by atoms with van der Waals surface area (Å²) < 4.78 is 1.74. The average Bonchev–Trinajstić information content (AvgIpc) is 3.41. The predicted octanol–water partition coefficient (Wildman–Crippen LogP) is 3.98. The van der Waals surface area contributed by atoms with E-state index in [0.29, 0.717) is 18.0 Å². The molecule has 1 N–H and O–H groups in total. The van der Waals surface area contributed by atoms with Crippen molar-refractivity contribution in [1.82, 2.24) is 15.1 Å². The number of amides is 2. The number of hydrogen-bond donors (Lipinski definition) is 1. The van der Waals surface area contributed by atoms with Gasteiger partial charge in [0.2, 0.25) is 11.8 Å². The molecular weight excluding hydrogens is 400 g/mol. The normalized spacial score (nSPS) is 13.9. The van der Waals surface area contributed by atoms with Gasteiger partial charge in [0, 0.05) is 48.1 Å². The number of aromatic nitrogens is 2. The highest BCUT2D eigenvalue weighted by atomic mass is 35.5. The number of anilines is 1. The Labute approximate surface area is 179 Å². The summed E-state index contributed by atoms with van der Waals surface area (Å²) in [6.07, 6.45) is 8.35. The minimum absolute atomic E-state index is 0.164. The molecule has 1 saturated heterocycles. The lowest BCUT2D eigenvalue weighted by Crippen LogP contribution is -2.23. The molecule has 3 aromatic rings. The third-order valence-corrected chi connectivity index (χ3v) is 5.15. The van der Waals surface area contributed by atoms with Crippen molar-refractivity contribution in [1.29, 1.82) is 0 Å². The van der Waals surface area contributed by atoms with E-state index in [4.69, 9.17) is 11.6 Å². The number of nitrogens with one attached hydrogen (secondary N) is 1. The number of benzene rings is 2. The Bertz CT molecular complexity index is 1070. The molecule has 1 aliphatic heterocycles. The van der Waals surface area contributed by atoms with Gasteiger partial charge in [0.05, 0.1) is 11.9 Å². The van der Waals surface area contributed by atoms with E-state index in [1.165, 1.54) is 6.08 Å². The first-order valence-electron chi connectivity index (χ1n) is 9.74. The molecule has 0 aliphatic carbocycles. The fourth-order valence-corrected chi connectivity index (χ4v) is 3.42. The zero-order valence-electron chi connectivity index (χ0n) is 16.3. The van der Waals surface area contributed by atoms with Crippen LogP contribution < -0.4 is 10.2 Å². The molecule has 1 aromatic heterocycles. The van der Waals surface area contributed by atoms with Gasteiger partial charge in [-0.25, -0.2) is 4.68 Å². The van der Waals surface area contributed by atoms with Gasteiger partial charge in [-0.05, 0) is 54.5 Å². The third kappa shape index (κ3) is 4.78. The molecule has 0 bridgehead atoms. The summed E-state index contributed by atoms with van der Waals surface area (Å²) in [6.45, 7) is 1.15. The fourth-order valence-electron chi connectivity index (χ4n) is 3.29. The predicted molar refractivity (Wildman–Crippen MR) is 117 cm³/mol. The largest absolute Gasteiger partial charge is 0.348 e. The molecule has 0 saturated carbocycles. The molecule has 6 nitrogen and oxygen atoms in total. The highest BCUT2D eigenvalue weighted by molar-refractivity contribution is 6.30. The minimum atomic E-state index is -0.187. The van der Waals surface area contributed by atoms with Gasteiger partial charge in [-0.2, -0.15) is 5.10 Å². The highest BCUT2D eigenvalue weighted by Crippen LogP contribution is 2.22. The Hall–Kier alpha value is -3.38. The Kier molecular flexibility index (Phi) is 5.95. The Balaban J connectivity index is 1.30. The van der Waals surface area contributed by atoms with Crippen LogP contribution in [0.4, 0.5) is 5.69 Å². The van der Waals surface area contributed by atoms with Crippen LogP contribution in [0.5, 0.6) is 0 Å². The Morgan fingerprint density at radius 3 is 2.53 bits per heavy atom. The number of halogens is 1. The van der Waals surface area contributed by atoms with Crippen LogP contribution in [0.1, 0.15) is 24.0 Å². The fraction of sp³-hybridized carbons (Fsp3) is 0.174. The maximum absolute atomic E-state index is 12.1. The molecule has 4 rings (SSSR count). The molecule has 2 aromatic carbocycles. The van der Waals surface area contributed by atoms with Gasteiger partial charge in [0.15, 0.2) is 0 Å². The molecule has 2 amide bonds. The van der Waals surface area contributed by atoms with Crippen LogP contribution in [-0.2, 0) is 16.1 Å². The summed E-state index contributed by atoms with van der Waals surface area (Å²) in [5, 5.41) is 7.83. The lowest BCUT2D eigenvalue weighted by Gasteiger charge is -2.15. The van der Waals surface area contributed by atoms with Gasteiger partial charge in [0.1, 0.15) is 0 Å². The summed E-state index contributed by atoms with van der Waals surface area (Å²) in [6, 6.07) is 15.0. The van der Waals surface area contributed by atoms with E-state index in [1.54, 1.807) is 34.0 Å². The van der Waals surface area contributed by atoms with E-state index in [-0.39, 0.29) is 11.8 Å². The number of nitrogens with zero attached hydrogens (tertiary/aromatic N) is 3. The zero-order valence-corrected chi connectivity index (χ0v) is 17.0. The number of carbonyl (C=O) groups is 2. The van der Waals surface area contributed by atoms with Crippen LogP contribution in [0.25, 0.3) is 11.8 Å². The van der Waals surface area contributed by atoms with Gasteiger partial charge in [0.25, 0.3) is 0 Å². The molecule has 0 radical (unpaired) electrons. The second-order valence-corrected chi connectivity index (χ2v) is 7.50. The Morgan fingerprint density at radius 1 is 1.10 bits per heavy atom. The maximum atomic E-state index is 12.1. The lowest BCUT2D eigenvalue weighted by molar-refractivity contribution is -0.117. The average molecular weight is 421 g/mol. The molecule has 30 heavy (non-hydrogen) atoms. The van der Waals surface area contributed by atoms with E-state index in [0.717, 1.165) is 35.5 Å². The molecule has 2 heterocycles. The van der Waals surface area contributed by atoms with Crippen molar-refractivity contribution < 1.29 is 9.59 Å². The van der Waals surface area contributed by atoms with Gasteiger partial charge in [-0.15, -0.1) is 0 Å². The SMILES string of the molecule is O=C(/C=C/c1ccc(N2CCCC2=O)cc1)NCc1cnn(-c2ccc(Cl)cc2)c1. The first-order chi connectivity index (χ1) is 14.6. The monoisotopic (exact) mass is 420 g/mol. The third-order valence-electron chi connectivity index (χ3n) is 4.90. The molecule has 1 fully saturated rings. The van der Waals surface area contributed by atoms with Gasteiger partial charge >= 0.3 is 0 Å². The van der Waals surface area contributed by atoms with E-state index >= 15 is 0 Å².